The predicted octanol–water partition coefficient (Wildman–Crippen LogP) is 6.99. The fraction of sp³-hybridized carbons (Fsp3) is 0.172. The first-order chi connectivity index (χ1) is 16.6. The summed E-state index contributed by atoms with van der Waals surface area (Å²) in [6, 6.07) is 19.4. The molecule has 1 aliphatic rings. The van der Waals surface area contributed by atoms with E-state index in [2.05, 4.69) is 35.1 Å². The summed E-state index contributed by atoms with van der Waals surface area (Å²) in [6.07, 6.45) is 8.21. The molecular weight excluding hydrogens is 423 g/mol. The number of aliphatic imine (C=N–C) groups is 2. The minimum atomic E-state index is -0.215. The summed E-state index contributed by atoms with van der Waals surface area (Å²) in [4.78, 5) is 18.6. The van der Waals surface area contributed by atoms with Gasteiger partial charge >= 0.3 is 0 Å². The van der Waals surface area contributed by atoms with Gasteiger partial charge in [-0.2, -0.15) is 0 Å². The number of hydrogen-bond acceptors (Lipinski definition) is 4. The Morgan fingerprint density at radius 3 is 2.65 bits per heavy atom. The maximum absolute atomic E-state index is 13.9. The van der Waals surface area contributed by atoms with Crippen molar-refractivity contribution in [3.8, 4) is 22.4 Å². The Bertz CT molecular complexity index is 1390. The highest BCUT2D eigenvalue weighted by molar-refractivity contribution is 6.08. The number of nitrogens with zero attached hydrogens (tertiary/aromatic N) is 4. The summed E-state index contributed by atoms with van der Waals surface area (Å²) in [7, 11) is 0. The Labute approximate surface area is 199 Å². The predicted molar refractivity (Wildman–Crippen MR) is 136 cm³/mol. The molecule has 5 heteroatoms. The van der Waals surface area contributed by atoms with Gasteiger partial charge in [0, 0.05) is 47.2 Å². The highest BCUT2D eigenvalue weighted by atomic mass is 19.1. The van der Waals surface area contributed by atoms with Gasteiger partial charge in [0.1, 0.15) is 5.82 Å². The summed E-state index contributed by atoms with van der Waals surface area (Å²) >= 11 is 0. The molecule has 1 aliphatic heterocycles. The number of rotatable bonds is 4. The summed E-state index contributed by atoms with van der Waals surface area (Å²) in [5, 5.41) is 0. The van der Waals surface area contributed by atoms with E-state index in [1.54, 1.807) is 25.4 Å². The van der Waals surface area contributed by atoms with Crippen LogP contribution in [0.25, 0.3) is 22.4 Å². The zero-order valence-electron chi connectivity index (χ0n) is 19.2. The van der Waals surface area contributed by atoms with Crippen LogP contribution in [0.4, 0.5) is 10.1 Å². The van der Waals surface area contributed by atoms with E-state index < -0.39 is 0 Å². The molecule has 0 fully saturated rings. The van der Waals surface area contributed by atoms with Gasteiger partial charge in [0.15, 0.2) is 0 Å². The molecule has 0 saturated carbocycles. The summed E-state index contributed by atoms with van der Waals surface area (Å²) in [6.45, 7) is 4.51. The van der Waals surface area contributed by atoms with Crippen molar-refractivity contribution in [2.75, 3.05) is 0 Å². The van der Waals surface area contributed by atoms with E-state index in [9.17, 15) is 4.39 Å². The van der Waals surface area contributed by atoms with E-state index in [0.29, 0.717) is 18.0 Å². The van der Waals surface area contributed by atoms with E-state index in [4.69, 9.17) is 9.98 Å². The molecule has 3 heterocycles. The van der Waals surface area contributed by atoms with Crippen LogP contribution < -0.4 is 0 Å². The average molecular weight is 449 g/mol. The highest BCUT2D eigenvalue weighted by Crippen LogP contribution is 2.35. The summed E-state index contributed by atoms with van der Waals surface area (Å²) < 4.78 is 13.9. The smallest absolute Gasteiger partial charge is 0.126 e. The van der Waals surface area contributed by atoms with Crippen molar-refractivity contribution in [3.63, 3.8) is 0 Å². The molecule has 34 heavy (non-hydrogen) atoms. The van der Waals surface area contributed by atoms with Crippen LogP contribution in [0.15, 0.2) is 89.2 Å². The molecule has 0 amide bonds. The molecule has 0 N–H and O–H groups in total. The molecule has 2 aromatic carbocycles. The lowest BCUT2D eigenvalue weighted by Gasteiger charge is -2.14. The number of aromatic nitrogens is 2. The lowest BCUT2D eigenvalue weighted by molar-refractivity contribution is 0.619. The van der Waals surface area contributed by atoms with Crippen LogP contribution in [0.5, 0.6) is 0 Å². The van der Waals surface area contributed by atoms with Crippen LogP contribution in [0.1, 0.15) is 30.0 Å². The number of aryl methyl sites for hydroxylation is 1. The fourth-order valence-electron chi connectivity index (χ4n) is 4.21. The molecule has 1 unspecified atom stereocenters. The van der Waals surface area contributed by atoms with Crippen molar-refractivity contribution in [1.82, 2.24) is 9.97 Å². The van der Waals surface area contributed by atoms with Crippen molar-refractivity contribution in [1.29, 1.82) is 0 Å². The lowest BCUT2D eigenvalue weighted by Crippen LogP contribution is -2.07. The second kappa shape index (κ2) is 9.48. The Morgan fingerprint density at radius 2 is 1.82 bits per heavy atom. The highest BCUT2D eigenvalue weighted by Gasteiger charge is 2.18. The van der Waals surface area contributed by atoms with Gasteiger partial charge in [-0.3, -0.25) is 20.0 Å². The molecule has 0 bridgehead atoms. The van der Waals surface area contributed by atoms with Crippen molar-refractivity contribution < 1.29 is 4.39 Å². The average Bonchev–Trinajstić information content (AvgIpc) is 3.03. The van der Waals surface area contributed by atoms with Gasteiger partial charge in [-0.1, -0.05) is 25.1 Å². The Kier molecular flexibility index (Phi) is 6.09. The number of fused-ring (bicyclic) bond motifs is 1. The molecule has 0 aliphatic carbocycles. The third-order valence-electron chi connectivity index (χ3n) is 6.02. The molecule has 1 atom stereocenters. The Hall–Kier alpha value is -3.99. The van der Waals surface area contributed by atoms with Crippen LogP contribution in [-0.4, -0.2) is 21.9 Å². The Balaban J connectivity index is 1.59. The third-order valence-corrected chi connectivity index (χ3v) is 6.02. The normalized spacial score (nSPS) is 16.3. The standard InChI is InChI=1S/C29H25FN4/c1-19-13-28(34-18-21-5-3-11-31-17-21)25-15-22(8-10-27(25)33-16-19)24-6-4-12-32-29(24)23-7-9-26(30)20(2)14-23/h3-12,14-17,19H,13,18H2,1-2H3. The molecule has 2 aromatic heterocycles. The van der Waals surface area contributed by atoms with Gasteiger partial charge in [-0.15, -0.1) is 0 Å². The van der Waals surface area contributed by atoms with E-state index in [-0.39, 0.29) is 5.82 Å². The first-order valence-corrected chi connectivity index (χ1v) is 11.4. The molecule has 0 saturated heterocycles. The minimum Gasteiger partial charge on any atom is -0.284 e. The number of benzene rings is 2. The van der Waals surface area contributed by atoms with Crippen LogP contribution in [0.2, 0.25) is 0 Å². The van der Waals surface area contributed by atoms with Crippen LogP contribution in [-0.2, 0) is 6.54 Å². The molecule has 0 spiro atoms. The molecule has 168 valence electrons. The number of pyridine rings is 2. The van der Waals surface area contributed by atoms with Crippen molar-refractivity contribution in [3.05, 3.63) is 102 Å². The maximum Gasteiger partial charge on any atom is 0.126 e. The zero-order valence-corrected chi connectivity index (χ0v) is 19.2. The first kappa shape index (κ1) is 21.8. The van der Waals surface area contributed by atoms with Gasteiger partial charge in [0.25, 0.3) is 0 Å². The van der Waals surface area contributed by atoms with Gasteiger partial charge < -0.3 is 0 Å². The second-order valence-corrected chi connectivity index (χ2v) is 8.68. The van der Waals surface area contributed by atoms with Crippen molar-refractivity contribution in [2.45, 2.75) is 26.8 Å². The Morgan fingerprint density at radius 1 is 0.971 bits per heavy atom. The van der Waals surface area contributed by atoms with Crippen LogP contribution in [0, 0.1) is 18.7 Å². The molecule has 5 rings (SSSR count). The fourth-order valence-corrected chi connectivity index (χ4v) is 4.21. The second-order valence-electron chi connectivity index (χ2n) is 8.68. The topological polar surface area (TPSA) is 50.5 Å². The first-order valence-electron chi connectivity index (χ1n) is 11.4. The summed E-state index contributed by atoms with van der Waals surface area (Å²) in [5.74, 6) is 0.0763. The largest absolute Gasteiger partial charge is 0.284 e. The van der Waals surface area contributed by atoms with Gasteiger partial charge in [-0.05, 0) is 78.4 Å². The summed E-state index contributed by atoms with van der Waals surface area (Å²) in [5.41, 5.74) is 8.40. The molecule has 4 aromatic rings. The maximum atomic E-state index is 13.9. The third kappa shape index (κ3) is 4.55. The molecule has 4 nitrogen and oxygen atoms in total. The van der Waals surface area contributed by atoms with E-state index in [1.165, 1.54) is 6.07 Å². The minimum absolute atomic E-state index is 0.215. The quantitative estimate of drug-likeness (QED) is 0.338. The monoisotopic (exact) mass is 448 g/mol. The van der Waals surface area contributed by atoms with E-state index in [0.717, 1.165) is 51.3 Å². The van der Waals surface area contributed by atoms with Gasteiger partial charge in [-0.25, -0.2) is 4.39 Å². The van der Waals surface area contributed by atoms with E-state index in [1.807, 2.05) is 42.7 Å². The van der Waals surface area contributed by atoms with Gasteiger partial charge in [0.05, 0.1) is 17.9 Å². The van der Waals surface area contributed by atoms with E-state index >= 15 is 0 Å². The molecular formula is C29H25FN4. The zero-order chi connectivity index (χ0) is 23.5. The number of halogens is 1. The van der Waals surface area contributed by atoms with Crippen LogP contribution >= 0.6 is 0 Å². The lowest BCUT2D eigenvalue weighted by atomic mass is 9.94. The van der Waals surface area contributed by atoms with Crippen molar-refractivity contribution in [2.24, 2.45) is 15.9 Å². The van der Waals surface area contributed by atoms with Gasteiger partial charge in [0.2, 0.25) is 0 Å². The van der Waals surface area contributed by atoms with Crippen LogP contribution in [0.3, 0.4) is 0 Å². The number of hydrogen-bond donors (Lipinski definition) is 0. The van der Waals surface area contributed by atoms with Crippen molar-refractivity contribution >= 4 is 17.6 Å². The SMILES string of the molecule is Cc1cc(-c2ncccc2-c2ccc3c(c2)C(=NCc2cccnc2)CC(C)C=N3)ccc1F. The molecule has 0 radical (unpaired) electrons.